The molecule has 0 aliphatic heterocycles. The lowest BCUT2D eigenvalue weighted by Crippen LogP contribution is -2.33. The molecule has 0 radical (unpaired) electrons. The number of amides is 2. The first-order valence-corrected chi connectivity index (χ1v) is 8.08. The van der Waals surface area contributed by atoms with Gasteiger partial charge >= 0.3 is 6.03 Å². The molecule has 0 aliphatic carbocycles. The van der Waals surface area contributed by atoms with Crippen molar-refractivity contribution >= 4 is 11.7 Å². The van der Waals surface area contributed by atoms with E-state index in [-0.39, 0.29) is 12.1 Å². The Morgan fingerprint density at radius 3 is 2.00 bits per heavy atom. The highest BCUT2D eigenvalue weighted by Crippen LogP contribution is 2.22. The number of anilines is 1. The summed E-state index contributed by atoms with van der Waals surface area (Å²) in [6, 6.07) is 26.6. The minimum Gasteiger partial charge on any atom is -0.497 e. The van der Waals surface area contributed by atoms with Crippen molar-refractivity contribution in [2.24, 2.45) is 0 Å². The predicted octanol–water partition coefficient (Wildman–Crippen LogP) is 4.61. The molecule has 0 unspecified atom stereocenters. The van der Waals surface area contributed by atoms with E-state index >= 15 is 0 Å². The van der Waals surface area contributed by atoms with Gasteiger partial charge in [0.05, 0.1) is 13.2 Å². The zero-order valence-electron chi connectivity index (χ0n) is 14.0. The Kier molecular flexibility index (Phi) is 5.32. The summed E-state index contributed by atoms with van der Waals surface area (Å²) in [5, 5.41) is 5.90. The second-order valence-electron chi connectivity index (χ2n) is 5.58. The standard InChI is InChI=1S/C21H20N2O2/c1-25-19-14-8-13-18(15-19)22-21(24)23-20(16-9-4-2-5-10-16)17-11-6-3-7-12-17/h2-15,20H,1H3,(H2,22,23,24). The van der Waals surface area contributed by atoms with Crippen molar-refractivity contribution in [3.63, 3.8) is 0 Å². The van der Waals surface area contributed by atoms with Crippen LogP contribution < -0.4 is 15.4 Å². The van der Waals surface area contributed by atoms with E-state index in [1.54, 1.807) is 13.2 Å². The number of hydrogen-bond acceptors (Lipinski definition) is 2. The molecule has 0 aromatic heterocycles. The maximum absolute atomic E-state index is 12.5. The molecule has 4 heteroatoms. The van der Waals surface area contributed by atoms with Crippen LogP contribution in [0.1, 0.15) is 17.2 Å². The van der Waals surface area contributed by atoms with Crippen LogP contribution in [0.5, 0.6) is 5.75 Å². The maximum atomic E-state index is 12.5. The summed E-state index contributed by atoms with van der Waals surface area (Å²) in [4.78, 5) is 12.5. The number of benzene rings is 3. The van der Waals surface area contributed by atoms with Crippen LogP contribution in [0.3, 0.4) is 0 Å². The van der Waals surface area contributed by atoms with Crippen LogP contribution in [0, 0.1) is 0 Å². The molecule has 0 atom stereocenters. The van der Waals surface area contributed by atoms with Gasteiger partial charge in [0.25, 0.3) is 0 Å². The first-order valence-electron chi connectivity index (χ1n) is 8.08. The van der Waals surface area contributed by atoms with Gasteiger partial charge in [-0.25, -0.2) is 4.79 Å². The van der Waals surface area contributed by atoms with Crippen LogP contribution in [0.15, 0.2) is 84.9 Å². The normalized spacial score (nSPS) is 10.3. The van der Waals surface area contributed by atoms with E-state index in [9.17, 15) is 4.79 Å². The molecule has 0 bridgehead atoms. The molecule has 3 aromatic carbocycles. The Hall–Kier alpha value is -3.27. The fourth-order valence-electron chi connectivity index (χ4n) is 2.65. The molecule has 0 fully saturated rings. The average Bonchev–Trinajstić information content (AvgIpc) is 2.67. The van der Waals surface area contributed by atoms with Gasteiger partial charge < -0.3 is 15.4 Å². The molecule has 25 heavy (non-hydrogen) atoms. The molecule has 126 valence electrons. The summed E-state index contributed by atoms with van der Waals surface area (Å²) in [6.07, 6.45) is 0. The van der Waals surface area contributed by atoms with Crippen molar-refractivity contribution in [1.29, 1.82) is 0 Å². The van der Waals surface area contributed by atoms with Crippen LogP contribution >= 0.6 is 0 Å². The fraction of sp³-hybridized carbons (Fsp3) is 0.0952. The van der Waals surface area contributed by atoms with E-state index in [4.69, 9.17) is 4.74 Å². The Morgan fingerprint density at radius 2 is 1.44 bits per heavy atom. The van der Waals surface area contributed by atoms with E-state index in [1.807, 2.05) is 78.9 Å². The predicted molar refractivity (Wildman–Crippen MR) is 99.9 cm³/mol. The lowest BCUT2D eigenvalue weighted by Gasteiger charge is -2.20. The van der Waals surface area contributed by atoms with Crippen molar-refractivity contribution in [2.45, 2.75) is 6.04 Å². The minimum absolute atomic E-state index is 0.229. The number of carbonyl (C=O) groups excluding carboxylic acids is 1. The average molecular weight is 332 g/mol. The maximum Gasteiger partial charge on any atom is 0.319 e. The Labute approximate surface area is 147 Å². The van der Waals surface area contributed by atoms with Gasteiger partial charge in [-0.3, -0.25) is 0 Å². The number of methoxy groups -OCH3 is 1. The third kappa shape index (κ3) is 4.38. The summed E-state index contributed by atoms with van der Waals surface area (Å²) >= 11 is 0. The van der Waals surface area contributed by atoms with E-state index < -0.39 is 0 Å². The molecule has 3 rings (SSSR count). The zero-order valence-corrected chi connectivity index (χ0v) is 14.0. The summed E-state index contributed by atoms with van der Waals surface area (Å²) in [6.45, 7) is 0. The summed E-state index contributed by atoms with van der Waals surface area (Å²) in [5.74, 6) is 0.695. The number of rotatable bonds is 5. The molecule has 0 saturated heterocycles. The quantitative estimate of drug-likeness (QED) is 0.717. The van der Waals surface area contributed by atoms with Gasteiger partial charge in [-0.05, 0) is 23.3 Å². The third-order valence-corrected chi connectivity index (χ3v) is 3.87. The number of ether oxygens (including phenoxy) is 1. The van der Waals surface area contributed by atoms with Crippen molar-refractivity contribution in [1.82, 2.24) is 5.32 Å². The first kappa shape index (κ1) is 16.6. The van der Waals surface area contributed by atoms with Crippen LogP contribution in [0.2, 0.25) is 0 Å². The monoisotopic (exact) mass is 332 g/mol. The van der Waals surface area contributed by atoms with Crippen LogP contribution in [0.25, 0.3) is 0 Å². The highest BCUT2D eigenvalue weighted by molar-refractivity contribution is 5.90. The lowest BCUT2D eigenvalue weighted by atomic mass is 9.99. The topological polar surface area (TPSA) is 50.4 Å². The number of urea groups is 1. The Bertz CT molecular complexity index is 780. The van der Waals surface area contributed by atoms with Gasteiger partial charge in [0.1, 0.15) is 5.75 Å². The molecular formula is C21H20N2O2. The van der Waals surface area contributed by atoms with Gasteiger partial charge in [-0.15, -0.1) is 0 Å². The lowest BCUT2D eigenvalue weighted by molar-refractivity contribution is 0.250. The molecule has 3 aromatic rings. The van der Waals surface area contributed by atoms with E-state index in [2.05, 4.69) is 10.6 Å². The molecule has 0 spiro atoms. The first-order chi connectivity index (χ1) is 12.3. The highest BCUT2D eigenvalue weighted by atomic mass is 16.5. The van der Waals surface area contributed by atoms with Crippen molar-refractivity contribution < 1.29 is 9.53 Å². The van der Waals surface area contributed by atoms with E-state index in [0.717, 1.165) is 11.1 Å². The molecule has 0 saturated carbocycles. The van der Waals surface area contributed by atoms with Gasteiger partial charge in [-0.1, -0.05) is 66.7 Å². The van der Waals surface area contributed by atoms with Gasteiger partial charge in [-0.2, -0.15) is 0 Å². The third-order valence-electron chi connectivity index (χ3n) is 3.87. The smallest absolute Gasteiger partial charge is 0.319 e. The molecule has 2 N–H and O–H groups in total. The van der Waals surface area contributed by atoms with E-state index in [0.29, 0.717) is 11.4 Å². The number of nitrogens with one attached hydrogen (secondary N) is 2. The SMILES string of the molecule is COc1cccc(NC(=O)NC(c2ccccc2)c2ccccc2)c1. The Balaban J connectivity index is 1.79. The van der Waals surface area contributed by atoms with Crippen LogP contribution in [-0.4, -0.2) is 13.1 Å². The highest BCUT2D eigenvalue weighted by Gasteiger charge is 2.16. The van der Waals surface area contributed by atoms with Crippen molar-refractivity contribution in [3.05, 3.63) is 96.1 Å². The Morgan fingerprint density at radius 1 is 0.840 bits per heavy atom. The molecular weight excluding hydrogens is 312 g/mol. The van der Waals surface area contributed by atoms with Crippen LogP contribution in [-0.2, 0) is 0 Å². The second kappa shape index (κ2) is 8.02. The second-order valence-corrected chi connectivity index (χ2v) is 5.58. The number of carbonyl (C=O) groups is 1. The largest absolute Gasteiger partial charge is 0.497 e. The minimum atomic E-state index is -0.272. The molecule has 4 nitrogen and oxygen atoms in total. The molecule has 0 aliphatic rings. The number of hydrogen-bond donors (Lipinski definition) is 2. The van der Waals surface area contributed by atoms with Gasteiger partial charge in [0, 0.05) is 11.8 Å². The van der Waals surface area contributed by atoms with Crippen molar-refractivity contribution in [3.8, 4) is 5.75 Å². The summed E-state index contributed by atoms with van der Waals surface area (Å²) in [7, 11) is 1.60. The van der Waals surface area contributed by atoms with Gasteiger partial charge in [0.2, 0.25) is 0 Å². The van der Waals surface area contributed by atoms with Crippen molar-refractivity contribution in [2.75, 3.05) is 12.4 Å². The summed E-state index contributed by atoms with van der Waals surface area (Å²) in [5.41, 5.74) is 2.72. The summed E-state index contributed by atoms with van der Waals surface area (Å²) < 4.78 is 5.18. The zero-order chi connectivity index (χ0) is 17.5. The van der Waals surface area contributed by atoms with E-state index in [1.165, 1.54) is 0 Å². The molecule has 0 heterocycles. The van der Waals surface area contributed by atoms with Gasteiger partial charge in [0.15, 0.2) is 0 Å². The van der Waals surface area contributed by atoms with Crippen LogP contribution in [0.4, 0.5) is 10.5 Å². The molecule has 2 amide bonds. The fourth-order valence-corrected chi connectivity index (χ4v) is 2.65.